The number of hydrogen-bond donors (Lipinski definition) is 0. The fourth-order valence-electron chi connectivity index (χ4n) is 3.10. The van der Waals surface area contributed by atoms with Crippen molar-refractivity contribution in [3.63, 3.8) is 0 Å². The van der Waals surface area contributed by atoms with Crippen LogP contribution in [0.4, 0.5) is 0 Å². The Bertz CT molecular complexity index is 469. The van der Waals surface area contributed by atoms with Crippen molar-refractivity contribution in [2.24, 2.45) is 5.92 Å². The van der Waals surface area contributed by atoms with Gasteiger partial charge in [-0.3, -0.25) is 9.59 Å². The second-order valence-corrected chi connectivity index (χ2v) is 5.30. The molecule has 2 aliphatic rings. The molecule has 3 rings (SSSR count). The minimum Gasteiger partial charge on any atom is -0.335 e. The molecule has 2 fully saturated rings. The van der Waals surface area contributed by atoms with E-state index in [1.807, 2.05) is 35.2 Å². The molecule has 1 aliphatic carbocycles. The summed E-state index contributed by atoms with van der Waals surface area (Å²) >= 11 is 0. The van der Waals surface area contributed by atoms with E-state index in [2.05, 4.69) is 0 Å². The second-order valence-electron chi connectivity index (χ2n) is 5.30. The third kappa shape index (κ3) is 2.05. The number of rotatable bonds is 2. The Morgan fingerprint density at radius 1 is 1.17 bits per heavy atom. The number of amides is 1. The standard InChI is InChI=1S/C15H17NO2/c17-14-7-6-13-8-12(14)9-15(18)16(13)10-11-4-2-1-3-5-11/h1-5,12-13H,6-10H2/t12-,13+/m1/s1. The quantitative estimate of drug-likeness (QED) is 0.798. The molecule has 18 heavy (non-hydrogen) atoms. The summed E-state index contributed by atoms with van der Waals surface area (Å²) < 4.78 is 0. The molecule has 1 aromatic rings. The van der Waals surface area contributed by atoms with Gasteiger partial charge in [-0.05, 0) is 18.4 Å². The van der Waals surface area contributed by atoms with Crippen LogP contribution in [0.3, 0.4) is 0 Å². The van der Waals surface area contributed by atoms with Crippen LogP contribution in [0.1, 0.15) is 31.2 Å². The minimum absolute atomic E-state index is 0.00303. The van der Waals surface area contributed by atoms with Crippen LogP contribution in [-0.2, 0) is 16.1 Å². The predicted octanol–water partition coefficient (Wildman–Crippen LogP) is 2.16. The molecular formula is C15H17NO2. The second kappa shape index (κ2) is 4.56. The van der Waals surface area contributed by atoms with Crippen LogP contribution >= 0.6 is 0 Å². The lowest BCUT2D eigenvalue weighted by Crippen LogP contribution is -2.50. The Hall–Kier alpha value is -1.64. The van der Waals surface area contributed by atoms with Gasteiger partial charge in [0, 0.05) is 31.3 Å². The number of carbonyl (C=O) groups excluding carboxylic acids is 2. The number of piperidine rings is 1. The SMILES string of the molecule is O=C1CC[C@H]2C[C@@H]1CC(=O)N2Cc1ccccc1. The van der Waals surface area contributed by atoms with Crippen molar-refractivity contribution in [3.8, 4) is 0 Å². The van der Waals surface area contributed by atoms with Gasteiger partial charge < -0.3 is 4.90 Å². The summed E-state index contributed by atoms with van der Waals surface area (Å²) in [5, 5.41) is 0. The van der Waals surface area contributed by atoms with E-state index in [-0.39, 0.29) is 17.9 Å². The first-order valence-corrected chi connectivity index (χ1v) is 6.60. The van der Waals surface area contributed by atoms with Crippen LogP contribution in [-0.4, -0.2) is 22.6 Å². The molecule has 1 aromatic carbocycles. The molecule has 1 saturated heterocycles. The lowest BCUT2D eigenvalue weighted by molar-refractivity contribution is -0.147. The fraction of sp³-hybridized carbons (Fsp3) is 0.467. The molecule has 3 heteroatoms. The van der Waals surface area contributed by atoms with E-state index in [1.165, 1.54) is 5.56 Å². The summed E-state index contributed by atoms with van der Waals surface area (Å²) in [5.74, 6) is 0.440. The summed E-state index contributed by atoms with van der Waals surface area (Å²) in [6.45, 7) is 0.686. The van der Waals surface area contributed by atoms with Crippen molar-refractivity contribution in [1.29, 1.82) is 0 Å². The van der Waals surface area contributed by atoms with Crippen molar-refractivity contribution < 1.29 is 9.59 Å². The van der Waals surface area contributed by atoms with E-state index in [0.717, 1.165) is 12.8 Å². The maximum absolute atomic E-state index is 12.1. The van der Waals surface area contributed by atoms with Gasteiger partial charge in [-0.15, -0.1) is 0 Å². The molecule has 2 atom stereocenters. The lowest BCUT2D eigenvalue weighted by Gasteiger charge is -2.42. The molecule has 0 spiro atoms. The third-order valence-electron chi connectivity index (χ3n) is 4.11. The van der Waals surface area contributed by atoms with Crippen LogP contribution < -0.4 is 0 Å². The fourth-order valence-corrected chi connectivity index (χ4v) is 3.10. The average molecular weight is 243 g/mol. The van der Waals surface area contributed by atoms with Gasteiger partial charge >= 0.3 is 0 Å². The summed E-state index contributed by atoms with van der Waals surface area (Å²) in [7, 11) is 0. The summed E-state index contributed by atoms with van der Waals surface area (Å²) in [4.78, 5) is 25.7. The third-order valence-corrected chi connectivity index (χ3v) is 4.11. The lowest BCUT2D eigenvalue weighted by atomic mass is 9.78. The zero-order valence-corrected chi connectivity index (χ0v) is 10.3. The van der Waals surface area contributed by atoms with Gasteiger partial charge in [-0.25, -0.2) is 0 Å². The normalized spacial score (nSPS) is 27.4. The van der Waals surface area contributed by atoms with Crippen LogP contribution in [0.5, 0.6) is 0 Å². The van der Waals surface area contributed by atoms with Crippen LogP contribution in [0.15, 0.2) is 30.3 Å². The molecule has 1 amide bonds. The molecule has 0 unspecified atom stereocenters. The Morgan fingerprint density at radius 3 is 2.72 bits per heavy atom. The Morgan fingerprint density at radius 2 is 1.94 bits per heavy atom. The minimum atomic E-state index is 0.00303. The van der Waals surface area contributed by atoms with Crippen LogP contribution in [0.25, 0.3) is 0 Å². The molecule has 1 heterocycles. The van der Waals surface area contributed by atoms with Crippen molar-refractivity contribution in [2.75, 3.05) is 0 Å². The molecule has 0 radical (unpaired) electrons. The first kappa shape index (κ1) is 11.5. The maximum Gasteiger partial charge on any atom is 0.223 e. The smallest absolute Gasteiger partial charge is 0.223 e. The highest BCUT2D eigenvalue weighted by molar-refractivity contribution is 5.89. The topological polar surface area (TPSA) is 37.4 Å². The first-order chi connectivity index (χ1) is 8.74. The highest BCUT2D eigenvalue weighted by Gasteiger charge is 2.40. The van der Waals surface area contributed by atoms with Gasteiger partial charge in [-0.2, -0.15) is 0 Å². The molecule has 1 saturated carbocycles. The number of likely N-dealkylation sites (tertiary alicyclic amines) is 1. The number of nitrogens with zero attached hydrogens (tertiary/aromatic N) is 1. The Labute approximate surface area is 107 Å². The highest BCUT2D eigenvalue weighted by atomic mass is 16.2. The van der Waals surface area contributed by atoms with Crippen molar-refractivity contribution in [1.82, 2.24) is 4.90 Å². The predicted molar refractivity (Wildman–Crippen MR) is 67.7 cm³/mol. The maximum atomic E-state index is 12.1. The van der Waals surface area contributed by atoms with Gasteiger partial charge in [0.25, 0.3) is 0 Å². The number of fused-ring (bicyclic) bond motifs is 2. The van der Waals surface area contributed by atoms with Crippen molar-refractivity contribution >= 4 is 11.7 Å². The number of ketones is 1. The largest absolute Gasteiger partial charge is 0.335 e. The average Bonchev–Trinajstić information content (AvgIpc) is 2.39. The van der Waals surface area contributed by atoms with E-state index in [4.69, 9.17) is 0 Å². The zero-order valence-electron chi connectivity index (χ0n) is 10.3. The van der Waals surface area contributed by atoms with Crippen LogP contribution in [0, 0.1) is 5.92 Å². The van der Waals surface area contributed by atoms with Gasteiger partial charge in [-0.1, -0.05) is 30.3 Å². The molecule has 3 nitrogen and oxygen atoms in total. The molecule has 0 aromatic heterocycles. The molecule has 1 aliphatic heterocycles. The van der Waals surface area contributed by atoms with Crippen molar-refractivity contribution in [3.05, 3.63) is 35.9 Å². The van der Waals surface area contributed by atoms with E-state index >= 15 is 0 Å². The Kier molecular flexibility index (Phi) is 2.90. The van der Waals surface area contributed by atoms with E-state index in [1.54, 1.807) is 0 Å². The summed E-state index contributed by atoms with van der Waals surface area (Å²) in [6.07, 6.45) is 2.78. The van der Waals surface area contributed by atoms with Crippen molar-refractivity contribution in [2.45, 2.75) is 38.3 Å². The van der Waals surface area contributed by atoms with Gasteiger partial charge in [0.05, 0.1) is 0 Å². The highest BCUT2D eigenvalue weighted by Crippen LogP contribution is 2.34. The first-order valence-electron chi connectivity index (χ1n) is 6.60. The molecule has 94 valence electrons. The monoisotopic (exact) mass is 243 g/mol. The van der Waals surface area contributed by atoms with Gasteiger partial charge in [0.15, 0.2) is 0 Å². The molecule has 2 bridgehead atoms. The zero-order chi connectivity index (χ0) is 12.5. The van der Waals surface area contributed by atoms with E-state index in [0.29, 0.717) is 25.2 Å². The van der Waals surface area contributed by atoms with Gasteiger partial charge in [0.2, 0.25) is 5.91 Å². The summed E-state index contributed by atoms with van der Waals surface area (Å²) in [5.41, 5.74) is 1.17. The molecule has 0 N–H and O–H groups in total. The summed E-state index contributed by atoms with van der Waals surface area (Å²) in [6, 6.07) is 10.3. The number of carbonyl (C=O) groups is 2. The number of benzene rings is 1. The number of hydrogen-bond acceptors (Lipinski definition) is 2. The van der Waals surface area contributed by atoms with E-state index in [9.17, 15) is 9.59 Å². The van der Waals surface area contributed by atoms with Crippen LogP contribution in [0.2, 0.25) is 0 Å². The molecular weight excluding hydrogens is 226 g/mol. The van der Waals surface area contributed by atoms with E-state index < -0.39 is 0 Å². The van der Waals surface area contributed by atoms with Gasteiger partial charge in [0.1, 0.15) is 5.78 Å². The Balaban J connectivity index is 1.76. The number of Topliss-reactive ketones (excluding diaryl/α,β-unsaturated/α-hetero) is 1.